The molecule has 0 radical (unpaired) electrons. The first-order valence-electron chi connectivity index (χ1n) is 17.4. The molecule has 2 unspecified atom stereocenters. The Labute approximate surface area is 265 Å². The number of ether oxygens (including phenoxy) is 2. The Balaban J connectivity index is 4.22. The van der Waals surface area contributed by atoms with Crippen LogP contribution in [0, 0.1) is 0 Å². The highest BCUT2D eigenvalue weighted by Crippen LogP contribution is 2.38. The topological polar surface area (TPSA) is 94.1 Å². The van der Waals surface area contributed by atoms with Crippen molar-refractivity contribution in [1.29, 1.82) is 0 Å². The molecule has 0 aliphatic rings. The maximum atomic E-state index is 12.4. The minimum Gasteiger partial charge on any atom is -0.756 e. The zero-order valence-corrected chi connectivity index (χ0v) is 29.6. The number of hydrogen-bond acceptors (Lipinski definition) is 7. The minimum absolute atomic E-state index is 0.0269. The van der Waals surface area contributed by atoms with Crippen molar-refractivity contribution in [2.45, 2.75) is 148 Å². The van der Waals surface area contributed by atoms with E-state index in [0.717, 1.165) is 32.1 Å². The molecule has 0 aliphatic heterocycles. The number of esters is 1. The number of nitrogens with zero attached hydrogens (tertiary/aromatic N) is 1. The number of hydrogen-bond donors (Lipinski definition) is 0. The molecule has 0 fully saturated rings. The monoisotopic (exact) mass is 633 g/mol. The van der Waals surface area contributed by atoms with Crippen LogP contribution in [0.4, 0.5) is 0 Å². The fourth-order valence-electron chi connectivity index (χ4n) is 4.54. The summed E-state index contributed by atoms with van der Waals surface area (Å²) >= 11 is 0. The second-order valence-electron chi connectivity index (χ2n) is 12.9. The van der Waals surface area contributed by atoms with Gasteiger partial charge in [-0.05, 0) is 38.5 Å². The fraction of sp³-hybridized carbons (Fsp3) is 0.912. The maximum absolute atomic E-state index is 12.4. The second kappa shape index (κ2) is 28.7. The van der Waals surface area contributed by atoms with Crippen LogP contribution in [0.3, 0.4) is 0 Å². The molecular formula is C34H68NO7P. The van der Waals surface area contributed by atoms with E-state index in [1.807, 2.05) is 21.1 Å². The van der Waals surface area contributed by atoms with Crippen molar-refractivity contribution < 1.29 is 37.3 Å². The Morgan fingerprint density at radius 3 is 1.77 bits per heavy atom. The van der Waals surface area contributed by atoms with E-state index in [1.54, 1.807) is 0 Å². The molecule has 43 heavy (non-hydrogen) atoms. The van der Waals surface area contributed by atoms with Gasteiger partial charge in [0.2, 0.25) is 0 Å². The number of carbonyl (C=O) groups is 1. The number of rotatable bonds is 32. The molecule has 0 N–H and O–H groups in total. The first-order chi connectivity index (χ1) is 20.6. The molecule has 0 aliphatic carbocycles. The largest absolute Gasteiger partial charge is 0.756 e. The van der Waals surface area contributed by atoms with Crippen molar-refractivity contribution in [3.63, 3.8) is 0 Å². The van der Waals surface area contributed by atoms with Crippen molar-refractivity contribution in [2.24, 2.45) is 0 Å². The zero-order valence-electron chi connectivity index (χ0n) is 28.7. The van der Waals surface area contributed by atoms with Crippen molar-refractivity contribution >= 4 is 13.8 Å². The molecule has 0 bridgehead atoms. The van der Waals surface area contributed by atoms with Crippen molar-refractivity contribution in [3.8, 4) is 0 Å². The van der Waals surface area contributed by atoms with Gasteiger partial charge in [0.05, 0.1) is 34.4 Å². The molecule has 0 saturated carbocycles. The lowest BCUT2D eigenvalue weighted by Gasteiger charge is -2.28. The predicted molar refractivity (Wildman–Crippen MR) is 176 cm³/mol. The first-order valence-corrected chi connectivity index (χ1v) is 18.9. The average molecular weight is 634 g/mol. The number of quaternary nitrogens is 1. The number of allylic oxidation sites excluding steroid dienone is 2. The lowest BCUT2D eigenvalue weighted by molar-refractivity contribution is -0.870. The standard InChI is InChI=1S/C34H68NO7P/c1-6-8-10-12-14-15-16-17-18-19-20-21-22-24-26-29-39-31-33(42-34(36)27-25-23-13-11-9-7-2)32-41-43(37,38)40-30-28-35(3,4)5/h16-17,33H,6-15,18-32H2,1-5H3/b17-16-. The van der Waals surface area contributed by atoms with Gasteiger partial charge in [-0.15, -0.1) is 0 Å². The van der Waals surface area contributed by atoms with Gasteiger partial charge in [0.15, 0.2) is 0 Å². The van der Waals surface area contributed by atoms with Crippen molar-refractivity contribution in [2.75, 3.05) is 54.1 Å². The number of likely N-dealkylation sites (N-methyl/N-ethyl adjacent to an activating group) is 1. The van der Waals surface area contributed by atoms with Gasteiger partial charge in [0.25, 0.3) is 7.82 Å². The molecule has 2 atom stereocenters. The van der Waals surface area contributed by atoms with Crippen LogP contribution in [-0.2, 0) is 27.9 Å². The third-order valence-corrected chi connectivity index (χ3v) is 8.28. The molecule has 0 aromatic carbocycles. The molecule has 0 spiro atoms. The normalized spacial score (nSPS) is 14.3. The van der Waals surface area contributed by atoms with E-state index in [9.17, 15) is 14.3 Å². The quantitative estimate of drug-likeness (QED) is 0.0241. The van der Waals surface area contributed by atoms with Gasteiger partial charge >= 0.3 is 5.97 Å². The van der Waals surface area contributed by atoms with Crippen LogP contribution in [0.2, 0.25) is 0 Å². The third-order valence-electron chi connectivity index (χ3n) is 7.32. The van der Waals surface area contributed by atoms with Crippen LogP contribution in [0.15, 0.2) is 12.2 Å². The molecule has 0 aromatic heterocycles. The summed E-state index contributed by atoms with van der Waals surface area (Å²) in [7, 11) is 1.35. The van der Waals surface area contributed by atoms with Gasteiger partial charge in [0, 0.05) is 13.0 Å². The van der Waals surface area contributed by atoms with Crippen molar-refractivity contribution in [3.05, 3.63) is 12.2 Å². The van der Waals surface area contributed by atoms with E-state index in [0.29, 0.717) is 24.1 Å². The Hall–Kier alpha value is -0.760. The molecule has 0 aromatic rings. The molecular weight excluding hydrogens is 565 g/mol. The molecule has 0 heterocycles. The number of carbonyl (C=O) groups excluding carboxylic acids is 1. The van der Waals surface area contributed by atoms with Crippen LogP contribution >= 0.6 is 7.82 Å². The van der Waals surface area contributed by atoms with Gasteiger partial charge in [-0.1, -0.05) is 109 Å². The fourth-order valence-corrected chi connectivity index (χ4v) is 5.27. The van der Waals surface area contributed by atoms with Crippen molar-refractivity contribution in [1.82, 2.24) is 0 Å². The SMILES string of the molecule is CCCCCCC/C=C\CCCCCCCCOCC(COP(=O)([O-])OCC[N+](C)(C)C)OC(=O)CCCCCCCC. The minimum atomic E-state index is -4.50. The van der Waals surface area contributed by atoms with Gasteiger partial charge in [-0.25, -0.2) is 0 Å². The Morgan fingerprint density at radius 2 is 1.21 bits per heavy atom. The van der Waals surface area contributed by atoms with Gasteiger partial charge in [-0.3, -0.25) is 9.36 Å². The summed E-state index contributed by atoms with van der Waals surface area (Å²) in [5, 5.41) is 0. The smallest absolute Gasteiger partial charge is 0.306 e. The highest BCUT2D eigenvalue weighted by molar-refractivity contribution is 7.45. The summed E-state index contributed by atoms with van der Waals surface area (Å²) in [6.45, 7) is 5.32. The molecule has 9 heteroatoms. The lowest BCUT2D eigenvalue weighted by atomic mass is 10.1. The molecule has 0 saturated heterocycles. The predicted octanol–water partition coefficient (Wildman–Crippen LogP) is 8.52. The van der Waals surface area contributed by atoms with Crippen LogP contribution < -0.4 is 4.89 Å². The van der Waals surface area contributed by atoms with E-state index >= 15 is 0 Å². The highest BCUT2D eigenvalue weighted by atomic mass is 31.2. The Kier molecular flexibility index (Phi) is 28.2. The number of phosphoric ester groups is 1. The Morgan fingerprint density at radius 1 is 0.698 bits per heavy atom. The van der Waals surface area contributed by atoms with Gasteiger partial charge in [0.1, 0.15) is 19.3 Å². The van der Waals surface area contributed by atoms with Gasteiger partial charge in [-0.2, -0.15) is 0 Å². The zero-order chi connectivity index (χ0) is 32.1. The van der Waals surface area contributed by atoms with E-state index in [2.05, 4.69) is 26.0 Å². The number of phosphoric acid groups is 1. The third kappa shape index (κ3) is 32.4. The number of unbranched alkanes of at least 4 members (excludes halogenated alkanes) is 16. The van der Waals surface area contributed by atoms with Crippen LogP contribution in [0.25, 0.3) is 0 Å². The average Bonchev–Trinajstić information content (AvgIpc) is 2.94. The summed E-state index contributed by atoms with van der Waals surface area (Å²) in [5.41, 5.74) is 0. The van der Waals surface area contributed by atoms with E-state index in [4.69, 9.17) is 18.5 Å². The van der Waals surface area contributed by atoms with Crippen LogP contribution in [-0.4, -0.2) is 70.7 Å². The summed E-state index contributed by atoms with van der Waals surface area (Å²) in [4.78, 5) is 24.6. The summed E-state index contributed by atoms with van der Waals surface area (Å²) in [6, 6.07) is 0. The van der Waals surface area contributed by atoms with E-state index in [-0.39, 0.29) is 25.8 Å². The molecule has 8 nitrogen and oxygen atoms in total. The summed E-state index contributed by atoms with van der Waals surface area (Å²) < 4.78 is 34.2. The van der Waals surface area contributed by atoms with Gasteiger partial charge < -0.3 is 27.9 Å². The van der Waals surface area contributed by atoms with Crippen LogP contribution in [0.5, 0.6) is 0 Å². The molecule has 0 rings (SSSR count). The molecule has 0 amide bonds. The lowest BCUT2D eigenvalue weighted by Crippen LogP contribution is -2.37. The maximum Gasteiger partial charge on any atom is 0.306 e. The van der Waals surface area contributed by atoms with E-state index < -0.39 is 13.9 Å². The summed E-state index contributed by atoms with van der Waals surface area (Å²) in [5.74, 6) is -0.346. The highest BCUT2D eigenvalue weighted by Gasteiger charge is 2.20. The second-order valence-corrected chi connectivity index (χ2v) is 14.3. The van der Waals surface area contributed by atoms with E-state index in [1.165, 1.54) is 89.9 Å². The van der Waals surface area contributed by atoms with Crippen LogP contribution in [0.1, 0.15) is 142 Å². The summed E-state index contributed by atoms with van der Waals surface area (Å²) in [6.07, 6.45) is 26.7. The first kappa shape index (κ1) is 42.2. The Bertz CT molecular complexity index is 711. The molecule has 256 valence electrons.